The summed E-state index contributed by atoms with van der Waals surface area (Å²) in [6.07, 6.45) is 6.30. The van der Waals surface area contributed by atoms with Crippen LogP contribution in [0.25, 0.3) is 6.08 Å². The Kier molecular flexibility index (Phi) is 3.33. The Balaban J connectivity index is 2.50. The van der Waals surface area contributed by atoms with E-state index in [1.807, 2.05) is 0 Å². The van der Waals surface area contributed by atoms with Crippen molar-refractivity contribution in [2.45, 2.75) is 19.6 Å². The average Bonchev–Trinajstić information content (AvgIpc) is 2.33. The molecule has 0 atom stereocenters. The van der Waals surface area contributed by atoms with Crippen molar-refractivity contribution in [3.8, 4) is 12.3 Å². The number of hydrogen-bond donors (Lipinski definition) is 0. The van der Waals surface area contributed by atoms with E-state index in [0.717, 1.165) is 6.08 Å². The van der Waals surface area contributed by atoms with Crippen LogP contribution in [0.4, 0.5) is 4.39 Å². The van der Waals surface area contributed by atoms with E-state index in [0.29, 0.717) is 0 Å². The Labute approximate surface area is 115 Å². The molecule has 0 amide bonds. The molecule has 1 saturated heterocycles. The standard InChI is InChI=1S/C15H11FO4/c1-4-9-6-5-7-12(16)10(9)8-11-13(17)19-15(2,3)20-14(11)18/h1,5-8H,2-3H3. The number of esters is 2. The molecule has 0 saturated carbocycles. The number of terminal acetylenes is 1. The molecule has 0 N–H and O–H groups in total. The molecule has 0 aliphatic carbocycles. The molecule has 0 unspecified atom stereocenters. The van der Waals surface area contributed by atoms with Gasteiger partial charge in [-0.15, -0.1) is 6.42 Å². The molecule has 0 bridgehead atoms. The molecule has 1 aliphatic heterocycles. The van der Waals surface area contributed by atoms with Crippen molar-refractivity contribution in [1.29, 1.82) is 0 Å². The number of halogens is 1. The van der Waals surface area contributed by atoms with Crippen LogP contribution in [0.15, 0.2) is 23.8 Å². The van der Waals surface area contributed by atoms with Crippen LogP contribution in [0.3, 0.4) is 0 Å². The van der Waals surface area contributed by atoms with Gasteiger partial charge < -0.3 is 9.47 Å². The van der Waals surface area contributed by atoms with Crippen molar-refractivity contribution in [3.63, 3.8) is 0 Å². The smallest absolute Gasteiger partial charge is 0.348 e. The van der Waals surface area contributed by atoms with E-state index < -0.39 is 29.1 Å². The molecule has 0 radical (unpaired) electrons. The first-order chi connectivity index (χ1) is 9.34. The summed E-state index contributed by atoms with van der Waals surface area (Å²) < 4.78 is 23.6. The van der Waals surface area contributed by atoms with Crippen molar-refractivity contribution in [2.75, 3.05) is 0 Å². The van der Waals surface area contributed by atoms with Gasteiger partial charge in [0.05, 0.1) is 0 Å². The highest BCUT2D eigenvalue weighted by molar-refractivity contribution is 6.19. The molecular weight excluding hydrogens is 263 g/mol. The van der Waals surface area contributed by atoms with Gasteiger partial charge in [0.15, 0.2) is 0 Å². The molecule has 20 heavy (non-hydrogen) atoms. The summed E-state index contributed by atoms with van der Waals surface area (Å²) in [5.74, 6) is -1.45. The fraction of sp³-hybridized carbons (Fsp3) is 0.200. The number of rotatable bonds is 1. The van der Waals surface area contributed by atoms with Gasteiger partial charge in [-0.1, -0.05) is 12.0 Å². The zero-order chi connectivity index (χ0) is 14.9. The van der Waals surface area contributed by atoms with Crippen molar-refractivity contribution in [1.82, 2.24) is 0 Å². The van der Waals surface area contributed by atoms with E-state index >= 15 is 0 Å². The van der Waals surface area contributed by atoms with Gasteiger partial charge in [0.25, 0.3) is 5.79 Å². The van der Waals surface area contributed by atoms with Gasteiger partial charge in [0, 0.05) is 25.0 Å². The maximum absolute atomic E-state index is 13.8. The molecule has 1 fully saturated rings. The molecule has 5 heteroatoms. The van der Waals surface area contributed by atoms with Crippen molar-refractivity contribution < 1.29 is 23.5 Å². The minimum Gasteiger partial charge on any atom is -0.419 e. The van der Waals surface area contributed by atoms with Crippen LogP contribution < -0.4 is 0 Å². The van der Waals surface area contributed by atoms with Crippen LogP contribution in [0, 0.1) is 18.2 Å². The topological polar surface area (TPSA) is 52.6 Å². The highest BCUT2D eigenvalue weighted by Crippen LogP contribution is 2.25. The van der Waals surface area contributed by atoms with Gasteiger partial charge in [0.1, 0.15) is 11.4 Å². The van der Waals surface area contributed by atoms with Crippen molar-refractivity contribution in [2.24, 2.45) is 0 Å². The van der Waals surface area contributed by atoms with Crippen LogP contribution in [-0.2, 0) is 19.1 Å². The van der Waals surface area contributed by atoms with Crippen LogP contribution in [0.5, 0.6) is 0 Å². The summed E-state index contributed by atoms with van der Waals surface area (Å²) in [6.45, 7) is 2.85. The second kappa shape index (κ2) is 4.82. The Bertz CT molecular complexity index is 643. The molecule has 2 rings (SSSR count). The van der Waals surface area contributed by atoms with Crippen molar-refractivity contribution >= 4 is 18.0 Å². The number of carbonyl (C=O) groups excluding carboxylic acids is 2. The zero-order valence-corrected chi connectivity index (χ0v) is 10.9. The third-order valence-corrected chi connectivity index (χ3v) is 2.61. The molecule has 4 nitrogen and oxygen atoms in total. The fourth-order valence-electron chi connectivity index (χ4n) is 1.73. The van der Waals surface area contributed by atoms with E-state index in [2.05, 4.69) is 5.92 Å². The highest BCUT2D eigenvalue weighted by Gasteiger charge is 2.39. The molecule has 1 aromatic rings. The summed E-state index contributed by atoms with van der Waals surface area (Å²) in [7, 11) is 0. The Hall–Kier alpha value is -2.61. The average molecular weight is 274 g/mol. The van der Waals surface area contributed by atoms with Crippen LogP contribution in [-0.4, -0.2) is 17.7 Å². The van der Waals surface area contributed by atoms with Gasteiger partial charge in [-0.05, 0) is 18.2 Å². The Morgan fingerprint density at radius 2 is 1.85 bits per heavy atom. The van der Waals surface area contributed by atoms with Gasteiger partial charge in [-0.2, -0.15) is 0 Å². The summed E-state index contributed by atoms with van der Waals surface area (Å²) >= 11 is 0. The van der Waals surface area contributed by atoms with Gasteiger partial charge in [-0.25, -0.2) is 14.0 Å². The second-order valence-electron chi connectivity index (χ2n) is 4.58. The predicted molar refractivity (Wildman–Crippen MR) is 68.6 cm³/mol. The second-order valence-corrected chi connectivity index (χ2v) is 4.58. The van der Waals surface area contributed by atoms with Crippen molar-refractivity contribution in [3.05, 3.63) is 40.7 Å². The molecule has 1 aromatic carbocycles. The lowest BCUT2D eigenvalue weighted by molar-refractivity contribution is -0.222. The normalized spacial score (nSPS) is 17.0. The molecule has 102 valence electrons. The molecule has 0 spiro atoms. The Morgan fingerprint density at radius 1 is 1.25 bits per heavy atom. The van der Waals surface area contributed by atoms with E-state index in [4.69, 9.17) is 15.9 Å². The number of carbonyl (C=O) groups is 2. The molecule has 0 aromatic heterocycles. The SMILES string of the molecule is C#Cc1cccc(F)c1C=C1C(=O)OC(C)(C)OC1=O. The molecule has 1 aliphatic rings. The highest BCUT2D eigenvalue weighted by atomic mass is 19.1. The summed E-state index contributed by atoms with van der Waals surface area (Å²) in [5, 5.41) is 0. The first-order valence-corrected chi connectivity index (χ1v) is 5.77. The predicted octanol–water partition coefficient (Wildman–Crippen LogP) is 2.03. The minimum absolute atomic E-state index is 0.0291. The summed E-state index contributed by atoms with van der Waals surface area (Å²) in [6, 6.07) is 4.11. The fourth-order valence-corrected chi connectivity index (χ4v) is 1.73. The van der Waals surface area contributed by atoms with Crippen LogP contribution in [0.1, 0.15) is 25.0 Å². The van der Waals surface area contributed by atoms with Crippen LogP contribution >= 0.6 is 0 Å². The zero-order valence-electron chi connectivity index (χ0n) is 10.9. The lowest BCUT2D eigenvalue weighted by Gasteiger charge is -2.29. The van der Waals surface area contributed by atoms with E-state index in [1.54, 1.807) is 0 Å². The number of benzene rings is 1. The maximum Gasteiger partial charge on any atom is 0.348 e. The van der Waals surface area contributed by atoms with E-state index in [9.17, 15) is 14.0 Å². The number of hydrogen-bond acceptors (Lipinski definition) is 4. The largest absolute Gasteiger partial charge is 0.419 e. The van der Waals surface area contributed by atoms with Gasteiger partial charge in [0.2, 0.25) is 0 Å². The van der Waals surface area contributed by atoms with Gasteiger partial charge in [-0.3, -0.25) is 0 Å². The van der Waals surface area contributed by atoms with E-state index in [-0.39, 0.29) is 11.1 Å². The molecular formula is C15H11FO4. The first kappa shape index (κ1) is 13.8. The lowest BCUT2D eigenvalue weighted by Crippen LogP contribution is -2.41. The van der Waals surface area contributed by atoms with E-state index in [1.165, 1.54) is 32.0 Å². The Morgan fingerprint density at radius 3 is 2.40 bits per heavy atom. The minimum atomic E-state index is -1.34. The quantitative estimate of drug-likeness (QED) is 0.340. The monoisotopic (exact) mass is 274 g/mol. The summed E-state index contributed by atoms with van der Waals surface area (Å²) in [5.41, 5.74) is -0.201. The number of ether oxygens (including phenoxy) is 2. The lowest BCUT2D eigenvalue weighted by atomic mass is 10.0. The van der Waals surface area contributed by atoms with Crippen LogP contribution in [0.2, 0.25) is 0 Å². The first-order valence-electron chi connectivity index (χ1n) is 5.77. The third-order valence-electron chi connectivity index (χ3n) is 2.61. The third kappa shape index (κ3) is 2.54. The van der Waals surface area contributed by atoms with Gasteiger partial charge >= 0.3 is 11.9 Å². The summed E-state index contributed by atoms with van der Waals surface area (Å²) in [4.78, 5) is 23.5. The maximum atomic E-state index is 13.8. The molecule has 1 heterocycles. The number of cyclic esters (lactones) is 2.